The van der Waals surface area contributed by atoms with Crippen molar-refractivity contribution in [1.29, 1.82) is 5.26 Å². The molecule has 0 radical (unpaired) electrons. The maximum atomic E-state index is 13.2. The second-order valence-electron chi connectivity index (χ2n) is 28.1. The Kier molecular flexibility index (Phi) is 17.0. The van der Waals surface area contributed by atoms with Crippen LogP contribution >= 0.6 is 22.7 Å². The van der Waals surface area contributed by atoms with E-state index in [0.717, 1.165) is 124 Å². The second kappa shape index (κ2) is 24.2. The minimum atomic E-state index is -0.344. The summed E-state index contributed by atoms with van der Waals surface area (Å²) in [7, 11) is 0. The Morgan fingerprint density at radius 2 is 1.19 bits per heavy atom. The largest absolute Gasteiger partial charge is 0.461 e. The van der Waals surface area contributed by atoms with E-state index in [-0.39, 0.29) is 51.4 Å². The molecule has 0 unspecified atom stereocenters. The number of para-hydroxylation sites is 2. The zero-order valence-electron chi connectivity index (χ0n) is 54.1. The van der Waals surface area contributed by atoms with Crippen molar-refractivity contribution in [3.05, 3.63) is 198 Å². The fourth-order valence-electron chi connectivity index (χ4n) is 13.3. The van der Waals surface area contributed by atoms with Gasteiger partial charge in [0.05, 0.1) is 44.2 Å². The lowest BCUT2D eigenvalue weighted by molar-refractivity contribution is 0.223. The van der Waals surface area contributed by atoms with Gasteiger partial charge in [-0.25, -0.2) is 29.7 Å². The number of nitriles is 1. The molecular weight excluding hydrogens is 1170 g/mol. The van der Waals surface area contributed by atoms with Gasteiger partial charge in [-0.1, -0.05) is 114 Å². The van der Waals surface area contributed by atoms with Crippen LogP contribution in [0.2, 0.25) is 0 Å². The molecule has 0 N–H and O–H groups in total. The topological polar surface area (TPSA) is 133 Å². The van der Waals surface area contributed by atoms with Crippen LogP contribution in [-0.2, 0) is 26.4 Å². The quantitative estimate of drug-likeness (QED) is 0.0858. The summed E-state index contributed by atoms with van der Waals surface area (Å²) >= 11 is 3.05. The molecule has 14 heteroatoms. The van der Waals surface area contributed by atoms with Crippen LogP contribution in [0.1, 0.15) is 151 Å². The fourth-order valence-corrected chi connectivity index (χ4v) is 15.3. The number of rotatable bonds is 7. The molecule has 5 aliphatic heterocycles. The Bertz CT molecular complexity index is 4590. The van der Waals surface area contributed by atoms with Gasteiger partial charge in [-0.3, -0.25) is 0 Å². The third kappa shape index (κ3) is 12.2. The summed E-state index contributed by atoms with van der Waals surface area (Å²) in [6.07, 6.45) is 12.2. The van der Waals surface area contributed by atoms with E-state index in [9.17, 15) is 14.9 Å². The summed E-state index contributed by atoms with van der Waals surface area (Å²) < 4.78 is 20.1. The average Bonchev–Trinajstić information content (AvgIpc) is 1.22. The van der Waals surface area contributed by atoms with Crippen LogP contribution in [0.3, 0.4) is 0 Å². The summed E-state index contributed by atoms with van der Waals surface area (Å²) in [5, 5.41) is 12.8. The highest BCUT2D eigenvalue weighted by molar-refractivity contribution is 7.22. The van der Waals surface area contributed by atoms with E-state index in [0.29, 0.717) is 33.0 Å². The van der Waals surface area contributed by atoms with Gasteiger partial charge in [0.2, 0.25) is 0 Å². The molecule has 0 amide bonds. The number of fused-ring (bicyclic) bond motifs is 5. The summed E-state index contributed by atoms with van der Waals surface area (Å²) in [4.78, 5) is 45.7. The first-order valence-corrected chi connectivity index (χ1v) is 33.1. The van der Waals surface area contributed by atoms with E-state index in [4.69, 9.17) is 25.1 Å². The molecule has 0 saturated heterocycles. The Morgan fingerprint density at radius 3 is 1.71 bits per heavy atom. The first kappa shape index (κ1) is 64.0. The van der Waals surface area contributed by atoms with Crippen molar-refractivity contribution in [2.24, 2.45) is 5.41 Å². The van der Waals surface area contributed by atoms with Crippen LogP contribution in [0.4, 0.5) is 17.1 Å². The number of benzene rings is 5. The number of aromatic nitrogens is 2. The first-order valence-electron chi connectivity index (χ1n) is 31.5. The van der Waals surface area contributed by atoms with E-state index in [1.54, 1.807) is 17.4 Å². The van der Waals surface area contributed by atoms with E-state index < -0.39 is 0 Å². The molecule has 9 aromatic rings. The molecule has 12 nitrogen and oxygen atoms in total. The van der Waals surface area contributed by atoms with Crippen LogP contribution in [0.15, 0.2) is 157 Å². The number of ether oxygens (including phenoxy) is 1. The highest BCUT2D eigenvalue weighted by atomic mass is 32.1. The summed E-state index contributed by atoms with van der Waals surface area (Å²) in [6.45, 7) is 42.6. The summed E-state index contributed by atoms with van der Waals surface area (Å²) in [6, 6.07) is 34.7. The molecule has 0 spiro atoms. The van der Waals surface area contributed by atoms with Crippen molar-refractivity contribution < 1.29 is 13.6 Å². The van der Waals surface area contributed by atoms with Crippen molar-refractivity contribution in [1.82, 2.24) is 9.97 Å². The van der Waals surface area contributed by atoms with Crippen molar-refractivity contribution in [2.75, 3.05) is 54.0 Å². The second-order valence-corrected chi connectivity index (χ2v) is 30.1. The van der Waals surface area contributed by atoms with Crippen LogP contribution < -0.4 is 26.0 Å². The van der Waals surface area contributed by atoms with Crippen molar-refractivity contribution in [3.63, 3.8) is 0 Å². The summed E-state index contributed by atoms with van der Waals surface area (Å²) in [5.41, 5.74) is 14.8. The molecule has 0 fully saturated rings. The molecule has 91 heavy (non-hydrogen) atoms. The van der Waals surface area contributed by atoms with E-state index in [1.807, 2.05) is 91.0 Å². The van der Waals surface area contributed by atoms with Gasteiger partial charge >= 0.3 is 11.3 Å². The van der Waals surface area contributed by atoms with Gasteiger partial charge in [0.15, 0.2) is 0 Å². The molecule has 14 rings (SSSR count). The van der Waals surface area contributed by atoms with Crippen molar-refractivity contribution >= 4 is 88.2 Å². The predicted octanol–water partition coefficient (Wildman–Crippen LogP) is 19.2. The number of thiazole rings is 2. The van der Waals surface area contributed by atoms with E-state index in [2.05, 4.69) is 145 Å². The molecule has 0 bridgehead atoms. The van der Waals surface area contributed by atoms with Crippen molar-refractivity contribution in [3.8, 4) is 27.2 Å². The van der Waals surface area contributed by atoms with Gasteiger partial charge in [0, 0.05) is 84.1 Å². The molecule has 9 heterocycles. The van der Waals surface area contributed by atoms with Crippen molar-refractivity contribution in [2.45, 2.75) is 145 Å². The SMILES string of the molecule is C.CC1(C)CCN2CCC(C)(C)c3c2c1cc1cc(-c2nc4ccccc4s2)c(=O)oc31.CCN(CC)c1ccc2cc(-c3nc4ccccc4s3)c(=O)oc2c1.[C-]#[N+]/C(C#N)=C1C=C(/C=C/c2cc3c4c(c2)C(C)(C)CCN4CCC3(C)C)OC(C(C)(C)C)=C\1. The maximum absolute atomic E-state index is 13.2. The maximum Gasteiger partial charge on any atom is 0.346 e. The number of allylic oxidation sites excluding steroid dienone is 6. The Balaban J connectivity index is 0.000000141. The van der Waals surface area contributed by atoms with Gasteiger partial charge in [-0.05, 0) is 174 Å². The fraction of sp³-hybridized carbons (Fsp3) is 0.377. The van der Waals surface area contributed by atoms with Crippen LogP contribution in [0.25, 0.3) is 74.4 Å². The molecule has 0 atom stereocenters. The van der Waals surface area contributed by atoms with Gasteiger partial charge in [-0.15, -0.1) is 22.7 Å². The Hall–Kier alpha value is -8.56. The molecule has 5 aliphatic rings. The Morgan fingerprint density at radius 1 is 0.670 bits per heavy atom. The lowest BCUT2D eigenvalue weighted by Crippen LogP contribution is -2.44. The molecule has 468 valence electrons. The minimum absolute atomic E-state index is 0. The lowest BCUT2D eigenvalue weighted by atomic mass is 9.69. The number of nitrogens with zero attached hydrogens (tertiary/aromatic N) is 7. The molecule has 4 aromatic heterocycles. The molecule has 5 aromatic carbocycles. The van der Waals surface area contributed by atoms with E-state index >= 15 is 0 Å². The molecular formula is C77H83N7O5S2. The predicted molar refractivity (Wildman–Crippen MR) is 379 cm³/mol. The smallest absolute Gasteiger partial charge is 0.346 e. The minimum Gasteiger partial charge on any atom is -0.461 e. The van der Waals surface area contributed by atoms with Gasteiger partial charge in [-0.2, -0.15) is 0 Å². The highest BCUT2D eigenvalue weighted by Gasteiger charge is 2.43. The number of hydrogen-bond donors (Lipinski definition) is 0. The normalized spacial score (nSPS) is 17.8. The van der Waals surface area contributed by atoms with Crippen LogP contribution in [0, 0.1) is 23.3 Å². The average molecular weight is 1250 g/mol. The third-order valence-electron chi connectivity index (χ3n) is 19.0. The number of hydrogen-bond acceptors (Lipinski definition) is 13. The third-order valence-corrected chi connectivity index (χ3v) is 21.2. The van der Waals surface area contributed by atoms with E-state index in [1.165, 1.54) is 45.0 Å². The van der Waals surface area contributed by atoms with Gasteiger partial charge < -0.3 is 28.3 Å². The summed E-state index contributed by atoms with van der Waals surface area (Å²) in [5.74, 6) is 1.39. The van der Waals surface area contributed by atoms with Crippen LogP contribution in [-0.4, -0.2) is 49.2 Å². The molecule has 0 aliphatic carbocycles. The number of anilines is 3. The standard InChI is InChI=1S/C30H35N3O.C26H26N2O2S.C20H18N2O2S.CH4/c1-28(2,3)26-18-21(25(19-31)32-8)17-22(34-26)10-9-20-15-23-27-24(16-20)30(6,7)12-14-33(27)13-11-29(23,4)5;1-25(2)9-11-28-12-10-26(3,4)20-21(28)17(25)14-15-13-16(24(29)30-22(15)20)23-27-18-7-5-6-8-19(18)31-23;1-3-22(4-2)14-10-9-13-11-15(20(23)24-17(13)12-14)19-21-16-7-5-6-8-18(16)25-19;/h9-10,15-18H,11-14H2,1-7H3;5-8,13-14H,9-12H2,1-4H3;5-12H,3-4H2,1-2H3;1H4/b10-9+,25-21+;;;. The molecule has 0 saturated carbocycles. The zero-order valence-corrected chi connectivity index (χ0v) is 55.7. The van der Waals surface area contributed by atoms with Gasteiger partial charge in [0.1, 0.15) is 32.7 Å². The van der Waals surface area contributed by atoms with Gasteiger partial charge in [0.25, 0.3) is 5.70 Å². The highest BCUT2D eigenvalue weighted by Crippen LogP contribution is 2.53. The monoisotopic (exact) mass is 1250 g/mol. The lowest BCUT2D eigenvalue weighted by Gasteiger charge is -2.48. The zero-order chi connectivity index (χ0) is 63.8. The first-order chi connectivity index (χ1) is 42.8. The van der Waals surface area contributed by atoms with Crippen LogP contribution in [0.5, 0.6) is 0 Å². The Labute approximate surface area is 543 Å².